The number of carbonyl (C=O) groups excluding carboxylic acids is 6. The van der Waals surface area contributed by atoms with E-state index in [0.29, 0.717) is 39.9 Å². The van der Waals surface area contributed by atoms with Gasteiger partial charge in [-0.2, -0.15) is 0 Å². The van der Waals surface area contributed by atoms with Crippen molar-refractivity contribution in [1.82, 2.24) is 16.0 Å². The van der Waals surface area contributed by atoms with Crippen LogP contribution < -0.4 is 30.7 Å². The number of hydrogen-bond acceptors (Lipinski definition) is 12. The standard InChI is InChI=1S/2C23H25N3O2.C22H23N3O2/c1-5-26(15(2)3)17-12-10-16(11-13-17)25-21-14-20(23(28)24-4)22(27)19-9-7-6-8-18(19)21;1-5-26(6-2)16-11-12-20(15(3)13-16)25-21-14-19(23(28)24-4)22(27)18-10-8-7-9-17(18)21;1-4-25(5-2)16-12-10-15(11-13-16)24-20-14-19(22(27)23-3)21(26)18-9-7-6-8-17(18)20/h6-15H,5H2,1-4H3,(H,24,28);7-14H,5-6H2,1-4H3,(H,24,28);6-14H,4-5H2,1-3H3,(H,23,27). The van der Waals surface area contributed by atoms with E-state index in [1.165, 1.54) is 21.1 Å². The van der Waals surface area contributed by atoms with Crippen molar-refractivity contribution < 1.29 is 28.8 Å². The summed E-state index contributed by atoms with van der Waals surface area (Å²) in [5, 5.41) is 7.59. The Balaban J connectivity index is 0.000000179. The lowest BCUT2D eigenvalue weighted by Gasteiger charge is -2.27. The molecule has 0 fully saturated rings. The smallest absolute Gasteiger partial charge is 0.255 e. The Morgan fingerprint density at radius 3 is 1.07 bits per heavy atom. The number of Topliss-reactive ketones (excluding diaryl/α,β-unsaturated/α-hetero) is 3. The molecule has 83 heavy (non-hydrogen) atoms. The molecule has 0 aliphatic heterocycles. The molecule has 0 unspecified atom stereocenters. The highest BCUT2D eigenvalue weighted by Crippen LogP contribution is 2.31. The molecule has 15 heteroatoms. The highest BCUT2D eigenvalue weighted by atomic mass is 16.2. The van der Waals surface area contributed by atoms with Crippen LogP contribution in [0.4, 0.5) is 34.1 Å². The molecule has 0 saturated carbocycles. The highest BCUT2D eigenvalue weighted by molar-refractivity contribution is 6.37. The summed E-state index contributed by atoms with van der Waals surface area (Å²) >= 11 is 0. The first-order valence-electron chi connectivity index (χ1n) is 28.1. The molecular formula is C68H73N9O6. The van der Waals surface area contributed by atoms with E-state index in [0.717, 1.165) is 89.1 Å². The van der Waals surface area contributed by atoms with Crippen molar-refractivity contribution in [2.45, 2.75) is 61.4 Å². The van der Waals surface area contributed by atoms with Crippen molar-refractivity contribution >= 4 is 86.3 Å². The van der Waals surface area contributed by atoms with Crippen LogP contribution in [0.5, 0.6) is 0 Å². The third kappa shape index (κ3) is 13.9. The van der Waals surface area contributed by atoms with Crippen molar-refractivity contribution in [3.63, 3.8) is 0 Å². The molecule has 0 saturated heterocycles. The van der Waals surface area contributed by atoms with Crippen LogP contribution in [0.25, 0.3) is 0 Å². The van der Waals surface area contributed by atoms with Gasteiger partial charge in [-0.15, -0.1) is 0 Å². The maximum Gasteiger partial charge on any atom is 0.255 e. The molecule has 0 radical (unpaired) electrons. The van der Waals surface area contributed by atoms with E-state index < -0.39 is 17.7 Å². The second-order valence-electron chi connectivity index (χ2n) is 19.8. The van der Waals surface area contributed by atoms with Crippen LogP contribution in [0, 0.1) is 6.92 Å². The van der Waals surface area contributed by atoms with Crippen molar-refractivity contribution in [3.8, 4) is 0 Å². The van der Waals surface area contributed by atoms with Crippen LogP contribution in [0.15, 0.2) is 189 Å². The number of nitrogens with zero attached hydrogens (tertiary/aromatic N) is 6. The van der Waals surface area contributed by atoms with Gasteiger partial charge < -0.3 is 30.7 Å². The SMILES string of the molecule is CCN(CC)c1ccc(N=C2C=C(C(=O)NC)C(=O)c3ccccc32)c(C)c1.CCN(CC)c1ccc(N=C2C=C(C(=O)NC)C(=O)c3ccccc32)cc1.CCN(c1ccc(N=C2C=C(C(=O)NC)C(=O)c3ccccc32)cc1)C(C)C. The molecule has 15 nitrogen and oxygen atoms in total. The molecule has 0 heterocycles. The third-order valence-electron chi connectivity index (χ3n) is 14.5. The number of hydrogen-bond donors (Lipinski definition) is 3. The number of aliphatic imine (C=N–C) groups is 3. The summed E-state index contributed by atoms with van der Waals surface area (Å²) < 4.78 is 0. The molecule has 3 amide bonds. The predicted octanol–water partition coefficient (Wildman–Crippen LogP) is 11.3. The maximum absolute atomic E-state index is 12.7. The molecule has 426 valence electrons. The van der Waals surface area contributed by atoms with Gasteiger partial charge in [-0.05, 0) is 146 Å². The largest absolute Gasteiger partial charge is 0.372 e. The fourth-order valence-electron chi connectivity index (χ4n) is 10.0. The van der Waals surface area contributed by atoms with Gasteiger partial charge in [0.25, 0.3) is 17.7 Å². The van der Waals surface area contributed by atoms with Crippen LogP contribution in [0.3, 0.4) is 0 Å². The third-order valence-corrected chi connectivity index (χ3v) is 14.5. The van der Waals surface area contributed by atoms with Gasteiger partial charge in [0, 0.05) is 110 Å². The molecule has 6 aromatic carbocycles. The quantitative estimate of drug-likeness (QED) is 0.0842. The zero-order valence-electron chi connectivity index (χ0n) is 49.3. The lowest BCUT2D eigenvalue weighted by atomic mass is 9.88. The Morgan fingerprint density at radius 1 is 0.422 bits per heavy atom. The minimum absolute atomic E-state index is 0.105. The minimum Gasteiger partial charge on any atom is -0.372 e. The van der Waals surface area contributed by atoms with E-state index in [-0.39, 0.29) is 34.1 Å². The summed E-state index contributed by atoms with van der Waals surface area (Å²) in [7, 11) is 4.55. The molecule has 3 aliphatic carbocycles. The number of likely N-dealkylation sites (N-methyl/N-ethyl adjacent to an activating group) is 3. The summed E-state index contributed by atoms with van der Waals surface area (Å²) in [5.74, 6) is -2.04. The number of fused-ring (bicyclic) bond motifs is 3. The second-order valence-corrected chi connectivity index (χ2v) is 19.8. The number of amides is 3. The van der Waals surface area contributed by atoms with Crippen LogP contribution >= 0.6 is 0 Å². The summed E-state index contributed by atoms with van der Waals surface area (Å²) in [5.41, 5.74) is 12.7. The number of aryl methyl sites for hydroxylation is 1. The number of anilines is 3. The summed E-state index contributed by atoms with van der Waals surface area (Å²) in [6, 6.07) is 44.3. The number of carbonyl (C=O) groups is 6. The summed E-state index contributed by atoms with van der Waals surface area (Å²) in [6.45, 7) is 21.7. The monoisotopic (exact) mass is 1110 g/mol. The van der Waals surface area contributed by atoms with Gasteiger partial charge in [0.2, 0.25) is 0 Å². The molecule has 0 aromatic heterocycles. The normalized spacial score (nSPS) is 14.6. The Kier molecular flexibility index (Phi) is 20.7. The van der Waals surface area contributed by atoms with Crippen LogP contribution in [0.2, 0.25) is 0 Å². The maximum atomic E-state index is 12.7. The number of rotatable bonds is 15. The fraction of sp³-hybridized carbons (Fsp3) is 0.250. The zero-order valence-corrected chi connectivity index (χ0v) is 49.3. The lowest BCUT2D eigenvalue weighted by molar-refractivity contribution is -0.117. The van der Waals surface area contributed by atoms with E-state index >= 15 is 0 Å². The van der Waals surface area contributed by atoms with Gasteiger partial charge in [0.15, 0.2) is 17.3 Å². The average Bonchev–Trinajstić information content (AvgIpc) is 3.70. The van der Waals surface area contributed by atoms with Gasteiger partial charge in [-0.25, -0.2) is 15.0 Å². The first kappa shape index (κ1) is 61.0. The van der Waals surface area contributed by atoms with Gasteiger partial charge in [0.1, 0.15) is 0 Å². The molecule has 3 aliphatic rings. The first-order valence-corrected chi connectivity index (χ1v) is 28.1. The average molecular weight is 1110 g/mol. The Hall–Kier alpha value is -9.63. The van der Waals surface area contributed by atoms with Crippen molar-refractivity contribution in [2.24, 2.45) is 15.0 Å². The number of allylic oxidation sites excluding steroid dienone is 3. The number of ketones is 3. The van der Waals surface area contributed by atoms with Crippen LogP contribution in [0.1, 0.15) is 102 Å². The minimum atomic E-state index is -0.405. The zero-order chi connectivity index (χ0) is 59.9. The summed E-state index contributed by atoms with van der Waals surface area (Å²) in [6.07, 6.45) is 4.73. The Bertz CT molecular complexity index is 3620. The van der Waals surface area contributed by atoms with Crippen molar-refractivity contribution in [3.05, 3.63) is 213 Å². The molecule has 6 aromatic rings. The molecule has 0 bridgehead atoms. The summed E-state index contributed by atoms with van der Waals surface area (Å²) in [4.78, 5) is 95.4. The molecule has 0 atom stereocenters. The van der Waals surface area contributed by atoms with Crippen LogP contribution in [-0.2, 0) is 14.4 Å². The number of benzene rings is 6. The first-order chi connectivity index (χ1) is 40.0. The topological polar surface area (TPSA) is 185 Å². The number of nitrogens with one attached hydrogen (secondary N) is 3. The van der Waals surface area contributed by atoms with Gasteiger partial charge >= 0.3 is 0 Å². The van der Waals surface area contributed by atoms with E-state index in [9.17, 15) is 28.8 Å². The molecule has 9 rings (SSSR count). The molecule has 0 spiro atoms. The lowest BCUT2D eigenvalue weighted by Crippen LogP contribution is -2.30. The Labute approximate surface area is 487 Å². The van der Waals surface area contributed by atoms with Gasteiger partial charge in [-0.1, -0.05) is 72.8 Å². The van der Waals surface area contributed by atoms with E-state index in [1.807, 2.05) is 97.9 Å². The van der Waals surface area contributed by atoms with E-state index in [1.54, 1.807) is 54.6 Å². The molecular weight excluding hydrogens is 1040 g/mol. The van der Waals surface area contributed by atoms with Gasteiger partial charge in [-0.3, -0.25) is 28.8 Å². The van der Waals surface area contributed by atoms with E-state index in [4.69, 9.17) is 15.0 Å². The van der Waals surface area contributed by atoms with Crippen molar-refractivity contribution in [1.29, 1.82) is 0 Å². The van der Waals surface area contributed by atoms with Crippen LogP contribution in [-0.4, -0.2) is 112 Å². The van der Waals surface area contributed by atoms with Gasteiger partial charge in [0.05, 0.1) is 50.9 Å². The second kappa shape index (κ2) is 28.2. The highest BCUT2D eigenvalue weighted by Gasteiger charge is 2.31. The fourth-order valence-corrected chi connectivity index (χ4v) is 10.0. The Morgan fingerprint density at radius 2 is 0.747 bits per heavy atom. The van der Waals surface area contributed by atoms with E-state index in [2.05, 4.69) is 91.2 Å². The van der Waals surface area contributed by atoms with Crippen molar-refractivity contribution in [2.75, 3.05) is 68.6 Å². The molecule has 3 N–H and O–H groups in total. The predicted molar refractivity (Wildman–Crippen MR) is 337 cm³/mol.